The van der Waals surface area contributed by atoms with Crippen molar-refractivity contribution in [3.05, 3.63) is 78.9 Å². The molecule has 4 N–H and O–H groups in total. The summed E-state index contributed by atoms with van der Waals surface area (Å²) in [5, 5.41) is 0. The van der Waals surface area contributed by atoms with Crippen LogP contribution < -0.4 is 21.3 Å². The number of anilines is 5. The first-order valence-electron chi connectivity index (χ1n) is 8.83. The maximum Gasteiger partial charge on any atom is 0.324 e. The van der Waals surface area contributed by atoms with Gasteiger partial charge in [0.1, 0.15) is 0 Å². The number of nitrogen functional groups attached to an aromatic ring is 2. The zero-order valence-electron chi connectivity index (χ0n) is 15.8. The number of hydrogen-bond acceptors (Lipinski definition) is 5. The number of amides is 3. The Bertz CT molecular complexity index is 1050. The normalized spacial score (nSPS) is 10.2. The Balaban J connectivity index is 2.05. The molecule has 3 rings (SSSR count). The summed E-state index contributed by atoms with van der Waals surface area (Å²) in [5.41, 5.74) is 13.5. The maximum absolute atomic E-state index is 13.3. The fourth-order valence-electron chi connectivity index (χ4n) is 2.88. The van der Waals surface area contributed by atoms with Crippen LogP contribution in [0.5, 0.6) is 0 Å². The van der Waals surface area contributed by atoms with Crippen LogP contribution in [0.3, 0.4) is 0 Å². The zero-order chi connectivity index (χ0) is 21.0. The molecule has 7 heteroatoms. The van der Waals surface area contributed by atoms with Gasteiger partial charge in [0.25, 0.3) is 0 Å². The van der Waals surface area contributed by atoms with Gasteiger partial charge in [0, 0.05) is 29.7 Å². The lowest BCUT2D eigenvalue weighted by atomic mass is 10.2. The molecule has 3 aromatic carbocycles. The van der Waals surface area contributed by atoms with Gasteiger partial charge in [-0.2, -0.15) is 0 Å². The molecule has 0 aliphatic carbocycles. The Labute approximate surface area is 168 Å². The van der Waals surface area contributed by atoms with Crippen molar-refractivity contribution < 1.29 is 14.4 Å². The van der Waals surface area contributed by atoms with Crippen LogP contribution in [0.1, 0.15) is 6.92 Å². The van der Waals surface area contributed by atoms with Gasteiger partial charge in [0.05, 0.1) is 5.69 Å². The lowest BCUT2D eigenvalue weighted by Crippen LogP contribution is -2.46. The number of hydrogen-bond donors (Lipinski definition) is 2. The predicted molar refractivity (Wildman–Crippen MR) is 113 cm³/mol. The Morgan fingerprint density at radius 2 is 1.24 bits per heavy atom. The molecule has 0 unspecified atom stereocenters. The van der Waals surface area contributed by atoms with Crippen LogP contribution in [-0.4, -0.2) is 17.7 Å². The molecule has 0 heterocycles. The van der Waals surface area contributed by atoms with E-state index >= 15 is 0 Å². The molecule has 0 fully saturated rings. The van der Waals surface area contributed by atoms with Gasteiger partial charge in [-0.3, -0.25) is 19.3 Å². The molecule has 0 atom stereocenters. The summed E-state index contributed by atoms with van der Waals surface area (Å²) < 4.78 is 0. The standard InChI is InChI=1S/C22H20N4O3/c1-15(27)25(20-9-5-6-17(24)14-20)21(28)22(29)26(18-7-3-2-4-8-18)19-12-10-16(23)11-13-19/h2-14H,23-24H2,1H3. The molecule has 0 saturated carbocycles. The van der Waals surface area contributed by atoms with E-state index in [1.807, 2.05) is 0 Å². The monoisotopic (exact) mass is 388 g/mol. The van der Waals surface area contributed by atoms with Crippen LogP contribution in [0.4, 0.5) is 28.4 Å². The minimum Gasteiger partial charge on any atom is -0.399 e. The van der Waals surface area contributed by atoms with Crippen LogP contribution in [-0.2, 0) is 14.4 Å². The predicted octanol–water partition coefficient (Wildman–Crippen LogP) is 3.10. The molecule has 0 aromatic heterocycles. The summed E-state index contributed by atoms with van der Waals surface area (Å²) in [7, 11) is 0. The Kier molecular flexibility index (Phi) is 5.59. The summed E-state index contributed by atoms with van der Waals surface area (Å²) in [6, 6.07) is 21.4. The van der Waals surface area contributed by atoms with Gasteiger partial charge < -0.3 is 11.5 Å². The molecule has 0 aliphatic heterocycles. The highest BCUT2D eigenvalue weighted by Crippen LogP contribution is 2.28. The van der Waals surface area contributed by atoms with Crippen molar-refractivity contribution in [1.82, 2.24) is 0 Å². The second-order valence-electron chi connectivity index (χ2n) is 6.32. The van der Waals surface area contributed by atoms with E-state index in [4.69, 9.17) is 11.5 Å². The highest BCUT2D eigenvalue weighted by atomic mass is 16.2. The number of para-hydroxylation sites is 1. The SMILES string of the molecule is CC(=O)N(C(=O)C(=O)N(c1ccccc1)c1ccc(N)cc1)c1cccc(N)c1. The molecule has 7 nitrogen and oxygen atoms in total. The van der Waals surface area contributed by atoms with E-state index < -0.39 is 17.7 Å². The van der Waals surface area contributed by atoms with E-state index in [1.165, 1.54) is 17.9 Å². The quantitative estimate of drug-likeness (QED) is 0.529. The number of benzene rings is 3. The number of imide groups is 1. The van der Waals surface area contributed by atoms with Crippen molar-refractivity contribution in [3.8, 4) is 0 Å². The Hall–Kier alpha value is -4.13. The third kappa shape index (κ3) is 4.24. The topological polar surface area (TPSA) is 110 Å². The van der Waals surface area contributed by atoms with Crippen molar-refractivity contribution in [2.24, 2.45) is 0 Å². The Morgan fingerprint density at radius 1 is 0.655 bits per heavy atom. The molecule has 3 aromatic rings. The summed E-state index contributed by atoms with van der Waals surface area (Å²) in [4.78, 5) is 40.6. The van der Waals surface area contributed by atoms with Crippen molar-refractivity contribution >= 4 is 46.2 Å². The molecule has 0 spiro atoms. The third-order valence-electron chi connectivity index (χ3n) is 4.20. The van der Waals surface area contributed by atoms with Gasteiger partial charge in [0.15, 0.2) is 0 Å². The van der Waals surface area contributed by atoms with Crippen molar-refractivity contribution in [2.75, 3.05) is 21.3 Å². The molecular formula is C22H20N4O3. The van der Waals surface area contributed by atoms with Crippen molar-refractivity contribution in [3.63, 3.8) is 0 Å². The van der Waals surface area contributed by atoms with Crippen LogP contribution in [0.2, 0.25) is 0 Å². The average Bonchev–Trinajstić information content (AvgIpc) is 2.70. The number of carbonyl (C=O) groups is 3. The summed E-state index contributed by atoms with van der Waals surface area (Å²) in [6.07, 6.45) is 0. The van der Waals surface area contributed by atoms with E-state index in [2.05, 4.69) is 0 Å². The van der Waals surface area contributed by atoms with E-state index in [-0.39, 0.29) is 5.69 Å². The van der Waals surface area contributed by atoms with E-state index in [1.54, 1.807) is 72.8 Å². The number of nitrogens with two attached hydrogens (primary N) is 2. The number of carbonyl (C=O) groups excluding carboxylic acids is 3. The van der Waals surface area contributed by atoms with Crippen LogP contribution in [0, 0.1) is 0 Å². The van der Waals surface area contributed by atoms with Gasteiger partial charge in [-0.15, -0.1) is 0 Å². The van der Waals surface area contributed by atoms with Gasteiger partial charge in [-0.05, 0) is 54.6 Å². The second-order valence-corrected chi connectivity index (χ2v) is 6.32. The van der Waals surface area contributed by atoms with Gasteiger partial charge in [-0.1, -0.05) is 24.3 Å². The minimum absolute atomic E-state index is 0.223. The lowest BCUT2D eigenvalue weighted by Gasteiger charge is -2.26. The fourth-order valence-corrected chi connectivity index (χ4v) is 2.88. The van der Waals surface area contributed by atoms with Crippen molar-refractivity contribution in [1.29, 1.82) is 0 Å². The van der Waals surface area contributed by atoms with Crippen LogP contribution >= 0.6 is 0 Å². The first-order chi connectivity index (χ1) is 13.9. The summed E-state index contributed by atoms with van der Waals surface area (Å²) in [5.74, 6) is -2.48. The van der Waals surface area contributed by atoms with E-state index in [9.17, 15) is 14.4 Å². The summed E-state index contributed by atoms with van der Waals surface area (Å²) in [6.45, 7) is 1.21. The fraction of sp³-hybridized carbons (Fsp3) is 0.0455. The number of rotatable bonds is 3. The van der Waals surface area contributed by atoms with Gasteiger partial charge in [-0.25, -0.2) is 4.90 Å². The average molecular weight is 388 g/mol. The molecule has 0 saturated heterocycles. The Morgan fingerprint density at radius 3 is 1.83 bits per heavy atom. The molecule has 29 heavy (non-hydrogen) atoms. The smallest absolute Gasteiger partial charge is 0.324 e. The molecule has 3 amide bonds. The first kappa shape index (κ1) is 19.6. The molecular weight excluding hydrogens is 368 g/mol. The van der Waals surface area contributed by atoms with Crippen LogP contribution in [0.15, 0.2) is 78.9 Å². The van der Waals surface area contributed by atoms with Crippen LogP contribution in [0.25, 0.3) is 0 Å². The van der Waals surface area contributed by atoms with Gasteiger partial charge in [0.2, 0.25) is 5.91 Å². The van der Waals surface area contributed by atoms with Gasteiger partial charge >= 0.3 is 11.8 Å². The van der Waals surface area contributed by atoms with E-state index in [0.29, 0.717) is 22.7 Å². The highest BCUT2D eigenvalue weighted by molar-refractivity contribution is 6.50. The summed E-state index contributed by atoms with van der Waals surface area (Å²) >= 11 is 0. The van der Waals surface area contributed by atoms with E-state index in [0.717, 1.165) is 4.90 Å². The third-order valence-corrected chi connectivity index (χ3v) is 4.20. The molecule has 0 radical (unpaired) electrons. The number of nitrogens with zero attached hydrogens (tertiary/aromatic N) is 2. The lowest BCUT2D eigenvalue weighted by molar-refractivity contribution is -0.137. The zero-order valence-corrected chi connectivity index (χ0v) is 15.8. The second kappa shape index (κ2) is 8.26. The minimum atomic E-state index is -0.997. The largest absolute Gasteiger partial charge is 0.399 e. The highest BCUT2D eigenvalue weighted by Gasteiger charge is 2.32. The van der Waals surface area contributed by atoms with Crippen molar-refractivity contribution in [2.45, 2.75) is 6.92 Å². The molecule has 146 valence electrons. The molecule has 0 aliphatic rings. The first-order valence-corrected chi connectivity index (χ1v) is 8.83. The molecule has 0 bridgehead atoms. The maximum atomic E-state index is 13.3.